The molecule has 0 bridgehead atoms. The zero-order valence-electron chi connectivity index (χ0n) is 13.2. The highest BCUT2D eigenvalue weighted by Gasteiger charge is 2.15. The van der Waals surface area contributed by atoms with Crippen LogP contribution in [0.1, 0.15) is 18.9 Å². The topological polar surface area (TPSA) is 62.6 Å². The van der Waals surface area contributed by atoms with Crippen molar-refractivity contribution in [3.63, 3.8) is 0 Å². The zero-order chi connectivity index (χ0) is 15.9. The molecule has 2 aromatic rings. The van der Waals surface area contributed by atoms with E-state index < -0.39 is 0 Å². The lowest BCUT2D eigenvalue weighted by Gasteiger charge is -2.20. The highest BCUT2D eigenvalue weighted by atomic mass is 16.5. The first kappa shape index (κ1) is 15.8. The van der Waals surface area contributed by atoms with Gasteiger partial charge in [0.15, 0.2) is 5.82 Å². The van der Waals surface area contributed by atoms with Crippen molar-refractivity contribution >= 4 is 24.0 Å². The average Bonchev–Trinajstić information content (AvgIpc) is 2.56. The van der Waals surface area contributed by atoms with E-state index >= 15 is 0 Å². The Labute approximate surface area is 130 Å². The van der Waals surface area contributed by atoms with Crippen LogP contribution in [-0.4, -0.2) is 30.3 Å². The van der Waals surface area contributed by atoms with Crippen molar-refractivity contribution in [1.82, 2.24) is 9.97 Å². The molecular formula is C16H21N5O. The predicted octanol–water partition coefficient (Wildman–Crippen LogP) is 3.37. The van der Waals surface area contributed by atoms with Gasteiger partial charge in [-0.25, -0.2) is 15.0 Å². The summed E-state index contributed by atoms with van der Waals surface area (Å²) in [6.45, 7) is 8.59. The van der Waals surface area contributed by atoms with Gasteiger partial charge in [-0.05, 0) is 37.6 Å². The Morgan fingerprint density at radius 2 is 2.00 bits per heavy atom. The van der Waals surface area contributed by atoms with Gasteiger partial charge in [-0.3, -0.25) is 0 Å². The average molecular weight is 299 g/mol. The number of hydrogen-bond acceptors (Lipinski definition) is 6. The Morgan fingerprint density at radius 3 is 2.59 bits per heavy atom. The Morgan fingerprint density at radius 1 is 1.27 bits per heavy atom. The zero-order valence-corrected chi connectivity index (χ0v) is 13.2. The molecular weight excluding hydrogens is 278 g/mol. The molecule has 0 aliphatic rings. The van der Waals surface area contributed by atoms with E-state index in [4.69, 9.17) is 4.74 Å². The van der Waals surface area contributed by atoms with Gasteiger partial charge in [-0.1, -0.05) is 6.92 Å². The SMILES string of the molecule is C=NN(c1ccc(OC)cc1)c1ncnc(NCCC)c1C. The summed E-state index contributed by atoms with van der Waals surface area (Å²) in [5.74, 6) is 2.31. The van der Waals surface area contributed by atoms with Crippen molar-refractivity contribution in [2.75, 3.05) is 24.0 Å². The van der Waals surface area contributed by atoms with E-state index in [-0.39, 0.29) is 0 Å². The number of nitrogens with zero attached hydrogens (tertiary/aromatic N) is 4. The second-order valence-electron chi connectivity index (χ2n) is 4.75. The van der Waals surface area contributed by atoms with E-state index in [1.54, 1.807) is 12.1 Å². The maximum Gasteiger partial charge on any atom is 0.162 e. The van der Waals surface area contributed by atoms with E-state index in [0.29, 0.717) is 5.82 Å². The molecule has 0 amide bonds. The smallest absolute Gasteiger partial charge is 0.162 e. The molecule has 22 heavy (non-hydrogen) atoms. The van der Waals surface area contributed by atoms with Gasteiger partial charge < -0.3 is 10.1 Å². The second kappa shape index (κ2) is 7.40. The second-order valence-corrected chi connectivity index (χ2v) is 4.75. The van der Waals surface area contributed by atoms with E-state index in [1.165, 1.54) is 6.33 Å². The first-order valence-electron chi connectivity index (χ1n) is 7.17. The molecule has 0 saturated carbocycles. The molecule has 0 atom stereocenters. The van der Waals surface area contributed by atoms with E-state index in [9.17, 15) is 0 Å². The maximum absolute atomic E-state index is 5.18. The third-order valence-corrected chi connectivity index (χ3v) is 3.26. The summed E-state index contributed by atoms with van der Waals surface area (Å²) in [6.07, 6.45) is 2.56. The number of anilines is 3. The summed E-state index contributed by atoms with van der Waals surface area (Å²) in [5.41, 5.74) is 1.79. The lowest BCUT2D eigenvalue weighted by molar-refractivity contribution is 0.415. The van der Waals surface area contributed by atoms with E-state index in [0.717, 1.165) is 35.8 Å². The largest absolute Gasteiger partial charge is 0.497 e. The number of nitrogens with one attached hydrogen (secondary N) is 1. The minimum atomic E-state index is 0.703. The van der Waals surface area contributed by atoms with Crippen molar-refractivity contribution in [3.05, 3.63) is 36.2 Å². The third kappa shape index (κ3) is 3.33. The number of hydrogen-bond donors (Lipinski definition) is 1. The van der Waals surface area contributed by atoms with Crippen molar-refractivity contribution in [1.29, 1.82) is 0 Å². The monoisotopic (exact) mass is 299 g/mol. The molecule has 116 valence electrons. The van der Waals surface area contributed by atoms with Crippen LogP contribution in [0.2, 0.25) is 0 Å². The summed E-state index contributed by atoms with van der Waals surface area (Å²) in [5, 5.41) is 9.07. The van der Waals surface area contributed by atoms with Gasteiger partial charge in [0.05, 0.1) is 12.8 Å². The molecule has 0 saturated heterocycles. The molecule has 0 aliphatic carbocycles. The van der Waals surface area contributed by atoms with Gasteiger partial charge in [0.1, 0.15) is 17.9 Å². The Hall–Kier alpha value is -2.63. The van der Waals surface area contributed by atoms with Crippen LogP contribution in [0.4, 0.5) is 17.3 Å². The normalized spacial score (nSPS) is 10.1. The van der Waals surface area contributed by atoms with Crippen molar-refractivity contribution in [2.45, 2.75) is 20.3 Å². The molecule has 0 unspecified atom stereocenters. The molecule has 1 aromatic heterocycles. The first-order chi connectivity index (χ1) is 10.7. The standard InChI is InChI=1S/C16H21N5O/c1-5-10-18-15-12(2)16(20-11-19-15)21(17-3)13-6-8-14(22-4)9-7-13/h6-9,11H,3,5,10H2,1-2,4H3,(H,18,19,20). The van der Waals surface area contributed by atoms with Gasteiger partial charge in [0.2, 0.25) is 0 Å². The molecule has 1 heterocycles. The Bertz CT molecular complexity index is 627. The fourth-order valence-corrected chi connectivity index (χ4v) is 2.07. The van der Waals surface area contributed by atoms with E-state index in [1.807, 2.05) is 31.2 Å². The molecule has 2 rings (SSSR count). The number of aromatic nitrogens is 2. The van der Waals surface area contributed by atoms with Gasteiger partial charge in [0, 0.05) is 18.8 Å². The lowest BCUT2D eigenvalue weighted by atomic mass is 10.2. The number of methoxy groups -OCH3 is 1. The first-order valence-corrected chi connectivity index (χ1v) is 7.17. The number of rotatable bonds is 7. The van der Waals surface area contributed by atoms with Crippen LogP contribution in [0.25, 0.3) is 0 Å². The quantitative estimate of drug-likeness (QED) is 0.627. The summed E-state index contributed by atoms with van der Waals surface area (Å²) in [7, 11) is 1.64. The van der Waals surface area contributed by atoms with E-state index in [2.05, 4.69) is 34.0 Å². The van der Waals surface area contributed by atoms with Gasteiger partial charge in [0.25, 0.3) is 0 Å². The van der Waals surface area contributed by atoms with Crippen LogP contribution in [0.3, 0.4) is 0 Å². The Balaban J connectivity index is 2.35. The molecule has 6 nitrogen and oxygen atoms in total. The van der Waals surface area contributed by atoms with Crippen LogP contribution in [0.15, 0.2) is 35.7 Å². The fraction of sp³-hybridized carbons (Fsp3) is 0.312. The molecule has 0 fully saturated rings. The predicted molar refractivity (Wildman–Crippen MR) is 90.2 cm³/mol. The highest BCUT2D eigenvalue weighted by Crippen LogP contribution is 2.30. The van der Waals surface area contributed by atoms with Crippen LogP contribution in [0, 0.1) is 6.92 Å². The van der Waals surface area contributed by atoms with Crippen molar-refractivity contribution in [2.24, 2.45) is 5.10 Å². The number of ether oxygens (including phenoxy) is 1. The van der Waals surface area contributed by atoms with Gasteiger partial charge >= 0.3 is 0 Å². The molecule has 1 N–H and O–H groups in total. The Kier molecular flexibility index (Phi) is 5.30. The summed E-state index contributed by atoms with van der Waals surface area (Å²) < 4.78 is 5.18. The molecule has 0 spiro atoms. The van der Waals surface area contributed by atoms with Crippen LogP contribution in [-0.2, 0) is 0 Å². The van der Waals surface area contributed by atoms with Crippen LogP contribution in [0.5, 0.6) is 5.75 Å². The van der Waals surface area contributed by atoms with Gasteiger partial charge in [-0.15, -0.1) is 0 Å². The minimum absolute atomic E-state index is 0.703. The van der Waals surface area contributed by atoms with Crippen molar-refractivity contribution < 1.29 is 4.74 Å². The number of hydrazone groups is 1. The minimum Gasteiger partial charge on any atom is -0.497 e. The van der Waals surface area contributed by atoms with Crippen LogP contribution >= 0.6 is 0 Å². The molecule has 0 aliphatic heterocycles. The molecule has 1 aromatic carbocycles. The van der Waals surface area contributed by atoms with Crippen molar-refractivity contribution in [3.8, 4) is 5.75 Å². The summed E-state index contributed by atoms with van der Waals surface area (Å²) in [6, 6.07) is 7.57. The molecule has 0 radical (unpaired) electrons. The third-order valence-electron chi connectivity index (χ3n) is 3.26. The maximum atomic E-state index is 5.18. The summed E-state index contributed by atoms with van der Waals surface area (Å²) in [4.78, 5) is 8.63. The van der Waals surface area contributed by atoms with Gasteiger partial charge in [-0.2, -0.15) is 5.10 Å². The fourth-order valence-electron chi connectivity index (χ4n) is 2.07. The highest BCUT2D eigenvalue weighted by molar-refractivity contribution is 5.67. The summed E-state index contributed by atoms with van der Waals surface area (Å²) >= 11 is 0. The van der Waals surface area contributed by atoms with Crippen LogP contribution < -0.4 is 15.1 Å². The lowest BCUT2D eigenvalue weighted by Crippen LogP contribution is -2.14. The molecule has 6 heteroatoms. The number of benzene rings is 1.